The summed E-state index contributed by atoms with van der Waals surface area (Å²) < 4.78 is 6.28. The van der Waals surface area contributed by atoms with E-state index in [1.54, 1.807) is 0 Å². The van der Waals surface area contributed by atoms with Crippen LogP contribution in [0.1, 0.15) is 87.5 Å². The zero-order chi connectivity index (χ0) is 18.4. The lowest BCUT2D eigenvalue weighted by Crippen LogP contribution is -2.13. The van der Waals surface area contributed by atoms with Crippen LogP contribution in [0.5, 0.6) is 5.75 Å². The third-order valence-electron chi connectivity index (χ3n) is 5.99. The van der Waals surface area contributed by atoms with E-state index in [-0.39, 0.29) is 6.10 Å². The van der Waals surface area contributed by atoms with Crippen LogP contribution in [-0.2, 0) is 0 Å². The van der Waals surface area contributed by atoms with Gasteiger partial charge in [0.05, 0.1) is 0 Å². The van der Waals surface area contributed by atoms with E-state index in [9.17, 15) is 0 Å². The van der Waals surface area contributed by atoms with Crippen molar-refractivity contribution in [2.24, 2.45) is 5.92 Å². The van der Waals surface area contributed by atoms with Crippen molar-refractivity contribution in [1.29, 1.82) is 0 Å². The molecule has 0 spiro atoms. The number of hydrogen-bond donors (Lipinski definition) is 0. The molecule has 1 nitrogen and oxygen atoms in total. The number of ether oxygens (including phenoxy) is 1. The highest BCUT2D eigenvalue weighted by atomic mass is 16.5. The van der Waals surface area contributed by atoms with Gasteiger partial charge in [-0.1, -0.05) is 68.7 Å². The molecule has 1 aliphatic carbocycles. The predicted molar refractivity (Wildman–Crippen MR) is 111 cm³/mol. The van der Waals surface area contributed by atoms with Gasteiger partial charge in [-0.25, -0.2) is 0 Å². The summed E-state index contributed by atoms with van der Waals surface area (Å²) in [4.78, 5) is 0. The summed E-state index contributed by atoms with van der Waals surface area (Å²) in [5.41, 5.74) is 4.05. The minimum absolute atomic E-state index is 0.130. The van der Waals surface area contributed by atoms with Crippen molar-refractivity contribution < 1.29 is 4.74 Å². The number of benzene rings is 2. The molecule has 0 aliphatic heterocycles. The molecule has 0 unspecified atom stereocenters. The third-order valence-corrected chi connectivity index (χ3v) is 5.99. The van der Waals surface area contributed by atoms with E-state index >= 15 is 0 Å². The first-order valence-corrected chi connectivity index (χ1v) is 10.5. The van der Waals surface area contributed by atoms with Crippen molar-refractivity contribution in [3.63, 3.8) is 0 Å². The van der Waals surface area contributed by atoms with Gasteiger partial charge in [0.1, 0.15) is 11.9 Å². The molecular weight excluding hydrogens is 316 g/mol. The van der Waals surface area contributed by atoms with Crippen molar-refractivity contribution in [3.8, 4) is 5.75 Å². The van der Waals surface area contributed by atoms with Crippen LogP contribution in [0.25, 0.3) is 0 Å². The van der Waals surface area contributed by atoms with Crippen molar-refractivity contribution in [1.82, 2.24) is 0 Å². The second-order valence-corrected chi connectivity index (χ2v) is 8.00. The molecule has 0 radical (unpaired) electrons. The van der Waals surface area contributed by atoms with E-state index in [2.05, 4.69) is 69.3 Å². The fourth-order valence-corrected chi connectivity index (χ4v) is 4.34. The average Bonchev–Trinajstić information content (AvgIpc) is 2.68. The first-order chi connectivity index (χ1) is 12.7. The molecule has 2 aromatic rings. The summed E-state index contributed by atoms with van der Waals surface area (Å²) >= 11 is 0. The Balaban J connectivity index is 1.59. The minimum atomic E-state index is 0.130. The lowest BCUT2D eigenvalue weighted by atomic mass is 9.77. The van der Waals surface area contributed by atoms with E-state index in [1.807, 2.05) is 0 Å². The fraction of sp³-hybridized carbons (Fsp3) is 0.520. The smallest absolute Gasteiger partial charge is 0.123 e. The molecular formula is C25H34O. The van der Waals surface area contributed by atoms with Crippen molar-refractivity contribution in [3.05, 3.63) is 65.2 Å². The lowest BCUT2D eigenvalue weighted by Gasteiger charge is -2.28. The summed E-state index contributed by atoms with van der Waals surface area (Å²) in [5, 5.41) is 0. The third kappa shape index (κ3) is 4.90. The number of aryl methyl sites for hydroxylation is 1. The molecule has 0 N–H and O–H groups in total. The largest absolute Gasteiger partial charge is 0.486 e. The first kappa shape index (κ1) is 19.0. The second kappa shape index (κ2) is 9.26. The van der Waals surface area contributed by atoms with Crippen LogP contribution in [0.2, 0.25) is 0 Å². The Hall–Kier alpha value is -1.76. The number of hydrogen-bond acceptors (Lipinski definition) is 1. The molecule has 0 amide bonds. The molecule has 0 aromatic heterocycles. The molecule has 0 saturated heterocycles. The maximum atomic E-state index is 6.28. The van der Waals surface area contributed by atoms with Crippen LogP contribution >= 0.6 is 0 Å². The maximum absolute atomic E-state index is 6.28. The minimum Gasteiger partial charge on any atom is -0.486 e. The van der Waals surface area contributed by atoms with Gasteiger partial charge >= 0.3 is 0 Å². The van der Waals surface area contributed by atoms with Gasteiger partial charge in [-0.2, -0.15) is 0 Å². The summed E-state index contributed by atoms with van der Waals surface area (Å²) in [6, 6.07) is 17.6. The van der Waals surface area contributed by atoms with Crippen molar-refractivity contribution >= 4 is 0 Å². The molecule has 1 saturated carbocycles. The standard InChI is InChI=1S/C25H34O/c1-4-6-20-9-13-21(14-10-20)22-15-17-24(18-16-22)26-25(5-2)23-11-7-19(3)8-12-23/h7-8,11-12,15-18,20-21,25H,4-6,9-10,13-14H2,1-3H3/t20?,21?,25-/m1/s1. The monoisotopic (exact) mass is 350 g/mol. The van der Waals surface area contributed by atoms with E-state index in [1.165, 1.54) is 55.2 Å². The summed E-state index contributed by atoms with van der Waals surface area (Å²) in [5.74, 6) is 2.70. The molecule has 140 valence electrons. The van der Waals surface area contributed by atoms with Crippen LogP contribution < -0.4 is 4.74 Å². The first-order valence-electron chi connectivity index (χ1n) is 10.5. The van der Waals surface area contributed by atoms with Gasteiger partial charge < -0.3 is 4.74 Å². The Kier molecular flexibility index (Phi) is 6.77. The molecule has 1 atom stereocenters. The molecule has 2 aromatic carbocycles. The Morgan fingerprint density at radius 2 is 1.54 bits per heavy atom. The molecule has 1 aliphatic rings. The van der Waals surface area contributed by atoms with Crippen LogP contribution in [0.3, 0.4) is 0 Å². The molecule has 3 rings (SSSR count). The van der Waals surface area contributed by atoms with Crippen LogP contribution in [0.4, 0.5) is 0 Å². The molecule has 1 heteroatoms. The van der Waals surface area contributed by atoms with Gasteiger partial charge in [0.25, 0.3) is 0 Å². The SMILES string of the molecule is CCCC1CCC(c2ccc(O[C@H](CC)c3ccc(C)cc3)cc2)CC1. The van der Waals surface area contributed by atoms with Crippen LogP contribution in [0, 0.1) is 12.8 Å². The molecule has 0 heterocycles. The highest BCUT2D eigenvalue weighted by Crippen LogP contribution is 2.38. The predicted octanol–water partition coefficient (Wildman–Crippen LogP) is 7.60. The summed E-state index contributed by atoms with van der Waals surface area (Å²) in [6.07, 6.45) is 9.37. The van der Waals surface area contributed by atoms with Crippen LogP contribution in [0.15, 0.2) is 48.5 Å². The highest BCUT2D eigenvalue weighted by molar-refractivity contribution is 5.31. The van der Waals surface area contributed by atoms with E-state index in [4.69, 9.17) is 4.74 Å². The topological polar surface area (TPSA) is 9.23 Å². The molecule has 26 heavy (non-hydrogen) atoms. The average molecular weight is 351 g/mol. The van der Waals surface area contributed by atoms with Gasteiger partial charge in [0.15, 0.2) is 0 Å². The van der Waals surface area contributed by atoms with E-state index in [0.717, 1.165) is 24.0 Å². The van der Waals surface area contributed by atoms with Crippen molar-refractivity contribution in [2.75, 3.05) is 0 Å². The van der Waals surface area contributed by atoms with Gasteiger partial charge in [-0.3, -0.25) is 0 Å². The fourth-order valence-electron chi connectivity index (χ4n) is 4.34. The molecule has 1 fully saturated rings. The molecule has 0 bridgehead atoms. The van der Waals surface area contributed by atoms with Gasteiger partial charge in [-0.15, -0.1) is 0 Å². The second-order valence-electron chi connectivity index (χ2n) is 8.00. The van der Waals surface area contributed by atoms with Crippen LogP contribution in [-0.4, -0.2) is 0 Å². The van der Waals surface area contributed by atoms with Crippen molar-refractivity contribution in [2.45, 2.75) is 77.7 Å². The number of rotatable bonds is 7. The van der Waals surface area contributed by atoms with Gasteiger partial charge in [0.2, 0.25) is 0 Å². The summed E-state index contributed by atoms with van der Waals surface area (Å²) in [6.45, 7) is 6.62. The van der Waals surface area contributed by atoms with Gasteiger partial charge in [-0.05, 0) is 74.1 Å². The zero-order valence-electron chi connectivity index (χ0n) is 16.7. The zero-order valence-corrected chi connectivity index (χ0v) is 16.7. The Morgan fingerprint density at radius 3 is 2.12 bits per heavy atom. The Bertz CT molecular complexity index is 648. The normalized spacial score (nSPS) is 21.3. The Morgan fingerprint density at radius 1 is 0.885 bits per heavy atom. The van der Waals surface area contributed by atoms with E-state index in [0.29, 0.717) is 0 Å². The van der Waals surface area contributed by atoms with Gasteiger partial charge in [0, 0.05) is 0 Å². The Labute approximate surface area is 159 Å². The lowest BCUT2D eigenvalue weighted by molar-refractivity contribution is 0.201. The van der Waals surface area contributed by atoms with E-state index < -0.39 is 0 Å². The maximum Gasteiger partial charge on any atom is 0.123 e. The highest BCUT2D eigenvalue weighted by Gasteiger charge is 2.22. The quantitative estimate of drug-likeness (QED) is 0.499. The summed E-state index contributed by atoms with van der Waals surface area (Å²) in [7, 11) is 0.